The Balaban J connectivity index is 2.34. The first kappa shape index (κ1) is 24.7. The van der Waals surface area contributed by atoms with Crippen LogP contribution in [0.15, 0.2) is 28.1 Å². The zero-order valence-corrected chi connectivity index (χ0v) is 20.7. The van der Waals surface area contributed by atoms with Gasteiger partial charge in [0.25, 0.3) is 0 Å². The number of carbonyl (C=O) groups excluding carboxylic acids is 3. The highest BCUT2D eigenvalue weighted by molar-refractivity contribution is 6.32. The highest BCUT2D eigenvalue weighted by atomic mass is 16.3. The first-order valence-corrected chi connectivity index (χ1v) is 11.6. The first-order valence-electron chi connectivity index (χ1n) is 11.6. The zero-order chi connectivity index (χ0) is 24.4. The van der Waals surface area contributed by atoms with E-state index in [2.05, 4.69) is 5.18 Å². The molecule has 2 bridgehead atoms. The monoisotopic (exact) mass is 443 g/mol. The van der Waals surface area contributed by atoms with E-state index in [-0.39, 0.29) is 60.5 Å². The van der Waals surface area contributed by atoms with Crippen molar-refractivity contribution in [3.63, 3.8) is 0 Å². The van der Waals surface area contributed by atoms with Crippen LogP contribution in [0.4, 0.5) is 0 Å². The van der Waals surface area contributed by atoms with Gasteiger partial charge in [0.15, 0.2) is 17.3 Å². The summed E-state index contributed by atoms with van der Waals surface area (Å²) >= 11 is 0. The summed E-state index contributed by atoms with van der Waals surface area (Å²) in [4.78, 5) is 53.6. The van der Waals surface area contributed by atoms with Crippen molar-refractivity contribution in [1.29, 1.82) is 0 Å². The number of fused-ring (bicyclic) bond motifs is 1. The summed E-state index contributed by atoms with van der Waals surface area (Å²) in [5.74, 6) is -1.87. The van der Waals surface area contributed by atoms with Gasteiger partial charge in [-0.1, -0.05) is 39.3 Å². The Bertz CT molecular complexity index is 944. The molecule has 0 aromatic carbocycles. The van der Waals surface area contributed by atoms with Crippen molar-refractivity contribution < 1.29 is 19.5 Å². The Kier molecular flexibility index (Phi) is 5.82. The minimum Gasteiger partial charge on any atom is -0.390 e. The van der Waals surface area contributed by atoms with Gasteiger partial charge < -0.3 is 5.11 Å². The number of nitroso groups, excluding NO2 is 1. The van der Waals surface area contributed by atoms with Gasteiger partial charge in [-0.3, -0.25) is 14.4 Å². The van der Waals surface area contributed by atoms with E-state index in [1.807, 2.05) is 47.6 Å². The molecule has 32 heavy (non-hydrogen) atoms. The summed E-state index contributed by atoms with van der Waals surface area (Å²) in [6, 6.07) is 0. The standard InChI is InChI=1S/C26H37NO5/c1-14(2)9-10-25-12-18-23(5,6)17(24(7,8)31)13-26(18,22(25)30)20(27-32)19(21(25)29)16(28)11-15(3)4/h9,15,17-18,31H,10-13H2,1-8H3/t17-,18+,25?,26-/m1/s1. The van der Waals surface area contributed by atoms with Crippen LogP contribution in [0.25, 0.3) is 0 Å². The lowest BCUT2D eigenvalue weighted by Gasteiger charge is -2.40. The number of ketones is 3. The number of Topliss-reactive ketones (excluding diaryl/α,β-unsaturated/α-hetero) is 3. The van der Waals surface area contributed by atoms with Crippen molar-refractivity contribution in [3.8, 4) is 0 Å². The van der Waals surface area contributed by atoms with Crippen LogP contribution in [0.3, 0.4) is 0 Å². The number of hydrogen-bond acceptors (Lipinski definition) is 6. The minimum atomic E-state index is -1.35. The number of carbonyl (C=O) groups is 3. The van der Waals surface area contributed by atoms with Crippen molar-refractivity contribution in [2.24, 2.45) is 39.2 Å². The fraction of sp³-hybridized carbons (Fsp3) is 0.731. The van der Waals surface area contributed by atoms with E-state index in [4.69, 9.17) is 0 Å². The van der Waals surface area contributed by atoms with Crippen molar-refractivity contribution in [2.45, 2.75) is 86.7 Å². The fourth-order valence-electron chi connectivity index (χ4n) is 6.96. The molecule has 3 aliphatic carbocycles. The second kappa shape index (κ2) is 7.54. The first-order chi connectivity index (χ1) is 14.6. The van der Waals surface area contributed by atoms with Gasteiger partial charge in [-0.25, -0.2) is 0 Å². The van der Waals surface area contributed by atoms with Crippen LogP contribution in [-0.4, -0.2) is 28.1 Å². The third-order valence-electron chi connectivity index (χ3n) is 8.31. The van der Waals surface area contributed by atoms with Crippen LogP contribution in [0.5, 0.6) is 0 Å². The van der Waals surface area contributed by atoms with Gasteiger partial charge in [-0.2, -0.15) is 0 Å². The molecular formula is C26H37NO5. The van der Waals surface area contributed by atoms with E-state index in [1.165, 1.54) is 0 Å². The number of aliphatic hydroxyl groups is 1. The molecule has 4 atom stereocenters. The highest BCUT2D eigenvalue weighted by Gasteiger charge is 2.78. The summed E-state index contributed by atoms with van der Waals surface area (Å²) in [6.45, 7) is 15.0. The molecule has 1 unspecified atom stereocenters. The smallest absolute Gasteiger partial charge is 0.182 e. The molecule has 2 fully saturated rings. The van der Waals surface area contributed by atoms with Gasteiger partial charge >= 0.3 is 0 Å². The van der Waals surface area contributed by atoms with Crippen molar-refractivity contribution >= 4 is 17.3 Å². The molecule has 0 amide bonds. The van der Waals surface area contributed by atoms with Crippen LogP contribution in [0.2, 0.25) is 0 Å². The lowest BCUT2D eigenvalue weighted by molar-refractivity contribution is -0.142. The van der Waals surface area contributed by atoms with E-state index in [0.29, 0.717) is 0 Å². The normalized spacial score (nSPS) is 33.6. The molecule has 0 saturated heterocycles. The Morgan fingerprint density at radius 2 is 1.81 bits per heavy atom. The molecule has 0 radical (unpaired) electrons. The van der Waals surface area contributed by atoms with Gasteiger partial charge in [-0.05, 0) is 75.3 Å². The molecule has 0 aliphatic heterocycles. The second-order valence-corrected chi connectivity index (χ2v) is 12.0. The third kappa shape index (κ3) is 3.20. The van der Waals surface area contributed by atoms with Crippen LogP contribution in [0, 0.1) is 38.9 Å². The van der Waals surface area contributed by atoms with Gasteiger partial charge in [0.2, 0.25) is 0 Å². The predicted molar refractivity (Wildman–Crippen MR) is 123 cm³/mol. The van der Waals surface area contributed by atoms with Crippen molar-refractivity contribution in [2.75, 3.05) is 0 Å². The van der Waals surface area contributed by atoms with Gasteiger partial charge in [0.05, 0.1) is 22.0 Å². The summed E-state index contributed by atoms with van der Waals surface area (Å²) in [5.41, 5.74) is -3.63. The second-order valence-electron chi connectivity index (χ2n) is 12.0. The minimum absolute atomic E-state index is 0.00263. The van der Waals surface area contributed by atoms with Crippen molar-refractivity contribution in [1.82, 2.24) is 0 Å². The molecule has 3 aliphatic rings. The van der Waals surface area contributed by atoms with E-state index in [1.54, 1.807) is 13.8 Å². The Hall–Kier alpha value is -1.95. The number of nitrogens with zero attached hydrogens (tertiary/aromatic N) is 1. The van der Waals surface area contributed by atoms with Crippen LogP contribution in [-0.2, 0) is 14.4 Å². The molecule has 2 saturated carbocycles. The van der Waals surface area contributed by atoms with Crippen LogP contribution < -0.4 is 0 Å². The predicted octanol–water partition coefficient (Wildman–Crippen LogP) is 4.94. The van der Waals surface area contributed by atoms with Crippen LogP contribution in [0.1, 0.15) is 81.1 Å². The average molecular weight is 444 g/mol. The van der Waals surface area contributed by atoms with Gasteiger partial charge in [-0.15, -0.1) is 4.91 Å². The molecular weight excluding hydrogens is 406 g/mol. The lowest BCUT2D eigenvalue weighted by Crippen LogP contribution is -2.49. The molecule has 3 rings (SSSR count). The summed E-state index contributed by atoms with van der Waals surface area (Å²) in [6.07, 6.45) is 2.71. The zero-order valence-electron chi connectivity index (χ0n) is 20.7. The molecule has 6 nitrogen and oxygen atoms in total. The summed E-state index contributed by atoms with van der Waals surface area (Å²) < 4.78 is 0. The third-order valence-corrected chi connectivity index (χ3v) is 8.31. The summed E-state index contributed by atoms with van der Waals surface area (Å²) in [7, 11) is 0. The number of hydrogen-bond donors (Lipinski definition) is 1. The summed E-state index contributed by atoms with van der Waals surface area (Å²) in [5, 5.41) is 14.2. The molecule has 6 heteroatoms. The molecule has 1 spiro atoms. The molecule has 0 heterocycles. The van der Waals surface area contributed by atoms with E-state index < -0.39 is 33.4 Å². The van der Waals surface area contributed by atoms with E-state index >= 15 is 0 Å². The van der Waals surface area contributed by atoms with Crippen molar-refractivity contribution in [3.05, 3.63) is 27.8 Å². The largest absolute Gasteiger partial charge is 0.390 e. The Morgan fingerprint density at radius 1 is 1.22 bits per heavy atom. The fourth-order valence-corrected chi connectivity index (χ4v) is 6.96. The van der Waals surface area contributed by atoms with E-state index in [9.17, 15) is 24.4 Å². The number of rotatable bonds is 7. The Labute approximate surface area is 190 Å². The van der Waals surface area contributed by atoms with E-state index in [0.717, 1.165) is 5.57 Å². The lowest BCUT2D eigenvalue weighted by atomic mass is 9.62. The molecule has 0 aromatic heterocycles. The SMILES string of the molecule is CC(C)=CCC12C[C@H]3C(C)(C)[C@H](C(C)(C)O)C[C@]3(C1=O)C(N=O)=C(C(=O)CC(C)C)C2=O. The molecule has 0 aromatic rings. The highest BCUT2D eigenvalue weighted by Crippen LogP contribution is 2.74. The molecule has 176 valence electrons. The topological polar surface area (TPSA) is 101 Å². The molecule has 1 N–H and O–H groups in total. The number of allylic oxidation sites excluding steroid dienone is 4. The maximum Gasteiger partial charge on any atom is 0.182 e. The maximum atomic E-state index is 14.2. The Morgan fingerprint density at radius 3 is 2.28 bits per heavy atom. The average Bonchev–Trinajstić information content (AvgIpc) is 2.99. The van der Waals surface area contributed by atoms with Gasteiger partial charge in [0, 0.05) is 6.42 Å². The van der Waals surface area contributed by atoms with Gasteiger partial charge in [0.1, 0.15) is 5.70 Å². The maximum absolute atomic E-state index is 14.2. The van der Waals surface area contributed by atoms with Crippen LogP contribution >= 0.6 is 0 Å². The quantitative estimate of drug-likeness (QED) is 0.260.